The first kappa shape index (κ1) is 12.7. The van der Waals surface area contributed by atoms with Crippen molar-refractivity contribution in [3.63, 3.8) is 0 Å². The highest BCUT2D eigenvalue weighted by molar-refractivity contribution is 9.10. The Balaban J connectivity index is 2.94. The Hall–Kier alpha value is -1.34. The van der Waals surface area contributed by atoms with E-state index >= 15 is 0 Å². The lowest BCUT2D eigenvalue weighted by atomic mass is 10.1. The van der Waals surface area contributed by atoms with Crippen molar-refractivity contribution in [2.45, 2.75) is 19.4 Å². The van der Waals surface area contributed by atoms with Gasteiger partial charge in [-0.3, -0.25) is 4.79 Å². The van der Waals surface area contributed by atoms with E-state index in [4.69, 9.17) is 6.42 Å². The quantitative estimate of drug-likeness (QED) is 0.831. The second-order valence-electron chi connectivity index (χ2n) is 3.88. The molecule has 0 aliphatic heterocycles. The summed E-state index contributed by atoms with van der Waals surface area (Å²) in [5.41, 5.74) is -0.522. The van der Waals surface area contributed by atoms with Crippen LogP contribution in [0.4, 0.5) is 4.39 Å². The van der Waals surface area contributed by atoms with Crippen LogP contribution in [0, 0.1) is 18.2 Å². The maximum Gasteiger partial charge on any atom is 0.252 e. The molecular formula is C12H11BrFNO. The Labute approximate surface area is 102 Å². The minimum atomic E-state index is -0.754. The monoisotopic (exact) mass is 283 g/mol. The van der Waals surface area contributed by atoms with Gasteiger partial charge in [-0.05, 0) is 32.0 Å². The van der Waals surface area contributed by atoms with Crippen molar-refractivity contribution in [1.82, 2.24) is 5.32 Å². The average Bonchev–Trinajstić information content (AvgIpc) is 2.15. The lowest BCUT2D eigenvalue weighted by molar-refractivity contribution is 0.0929. The lowest BCUT2D eigenvalue weighted by Crippen LogP contribution is -2.42. The second kappa shape index (κ2) is 4.67. The van der Waals surface area contributed by atoms with Crippen LogP contribution in [0.1, 0.15) is 24.2 Å². The van der Waals surface area contributed by atoms with Crippen molar-refractivity contribution in [1.29, 1.82) is 0 Å². The standard InChI is InChI=1S/C12H11BrFNO/c1-4-12(2,3)15-11(16)8-5-9(13)7-10(14)6-8/h1,5-7H,2-3H3,(H,15,16). The van der Waals surface area contributed by atoms with Crippen LogP contribution in [-0.4, -0.2) is 11.4 Å². The third kappa shape index (κ3) is 3.35. The van der Waals surface area contributed by atoms with Gasteiger partial charge in [0.1, 0.15) is 5.82 Å². The Bertz CT molecular complexity index is 442. The van der Waals surface area contributed by atoms with E-state index in [-0.39, 0.29) is 5.56 Å². The predicted molar refractivity (Wildman–Crippen MR) is 64.5 cm³/mol. The number of carbonyl (C=O) groups excluding carboxylic acids is 1. The summed E-state index contributed by atoms with van der Waals surface area (Å²) < 4.78 is 13.6. The normalized spacial score (nSPS) is 10.7. The zero-order valence-corrected chi connectivity index (χ0v) is 10.6. The molecule has 0 unspecified atom stereocenters. The molecule has 4 heteroatoms. The molecule has 0 radical (unpaired) electrons. The molecular weight excluding hydrogens is 273 g/mol. The van der Waals surface area contributed by atoms with Crippen LogP contribution in [0.25, 0.3) is 0 Å². The molecule has 0 saturated heterocycles. The first-order valence-electron chi connectivity index (χ1n) is 4.60. The molecule has 1 N–H and O–H groups in total. The van der Waals surface area contributed by atoms with E-state index < -0.39 is 17.3 Å². The van der Waals surface area contributed by atoms with Gasteiger partial charge in [0.25, 0.3) is 5.91 Å². The Morgan fingerprint density at radius 1 is 1.50 bits per heavy atom. The molecule has 2 nitrogen and oxygen atoms in total. The Kier molecular flexibility index (Phi) is 3.71. The van der Waals surface area contributed by atoms with Crippen LogP contribution in [0.5, 0.6) is 0 Å². The smallest absolute Gasteiger partial charge is 0.252 e. The van der Waals surface area contributed by atoms with Crippen LogP contribution in [0.2, 0.25) is 0 Å². The number of benzene rings is 1. The van der Waals surface area contributed by atoms with Gasteiger partial charge in [0, 0.05) is 10.0 Å². The molecule has 0 heterocycles. The first-order valence-corrected chi connectivity index (χ1v) is 5.40. The summed E-state index contributed by atoms with van der Waals surface area (Å²) in [4.78, 5) is 11.7. The molecule has 0 aliphatic carbocycles. The molecule has 1 aromatic carbocycles. The maximum absolute atomic E-state index is 13.1. The third-order valence-corrected chi connectivity index (χ3v) is 2.37. The fourth-order valence-corrected chi connectivity index (χ4v) is 1.54. The van der Waals surface area contributed by atoms with Gasteiger partial charge < -0.3 is 5.32 Å². The summed E-state index contributed by atoms with van der Waals surface area (Å²) in [7, 11) is 0. The molecule has 0 bridgehead atoms. The number of nitrogens with one attached hydrogen (secondary N) is 1. The van der Waals surface area contributed by atoms with E-state index in [1.807, 2.05) is 0 Å². The molecule has 0 atom stereocenters. The predicted octanol–water partition coefficient (Wildman–Crippen LogP) is 2.73. The minimum Gasteiger partial charge on any atom is -0.336 e. The highest BCUT2D eigenvalue weighted by Gasteiger charge is 2.18. The van der Waals surface area contributed by atoms with Crippen LogP contribution >= 0.6 is 15.9 Å². The van der Waals surface area contributed by atoms with Crippen molar-refractivity contribution in [3.05, 3.63) is 34.1 Å². The largest absolute Gasteiger partial charge is 0.336 e. The van der Waals surface area contributed by atoms with Crippen molar-refractivity contribution < 1.29 is 9.18 Å². The van der Waals surface area contributed by atoms with Crippen molar-refractivity contribution in [2.24, 2.45) is 0 Å². The van der Waals surface area contributed by atoms with Crippen LogP contribution < -0.4 is 5.32 Å². The molecule has 1 rings (SSSR count). The number of halogens is 2. The SMILES string of the molecule is C#CC(C)(C)NC(=O)c1cc(F)cc(Br)c1. The molecule has 0 aliphatic rings. The van der Waals surface area contributed by atoms with Crippen LogP contribution in [-0.2, 0) is 0 Å². The van der Waals surface area contributed by atoms with Crippen molar-refractivity contribution >= 4 is 21.8 Å². The van der Waals surface area contributed by atoms with Gasteiger partial charge in [0.15, 0.2) is 0 Å². The van der Waals surface area contributed by atoms with Gasteiger partial charge in [-0.15, -0.1) is 6.42 Å². The van der Waals surface area contributed by atoms with Gasteiger partial charge in [-0.1, -0.05) is 21.9 Å². The first-order chi connectivity index (χ1) is 7.34. The van der Waals surface area contributed by atoms with E-state index in [1.54, 1.807) is 13.8 Å². The maximum atomic E-state index is 13.1. The summed E-state index contributed by atoms with van der Waals surface area (Å²) >= 11 is 3.12. The number of carbonyl (C=O) groups is 1. The number of amides is 1. The van der Waals surface area contributed by atoms with Crippen molar-refractivity contribution in [3.8, 4) is 12.3 Å². The fraction of sp³-hybridized carbons (Fsp3) is 0.250. The van der Waals surface area contributed by atoms with E-state index in [2.05, 4.69) is 27.2 Å². The number of hydrogen-bond donors (Lipinski definition) is 1. The molecule has 1 aromatic rings. The van der Waals surface area contributed by atoms with Crippen LogP contribution in [0.3, 0.4) is 0 Å². The number of hydrogen-bond acceptors (Lipinski definition) is 1. The zero-order chi connectivity index (χ0) is 12.3. The minimum absolute atomic E-state index is 0.232. The fourth-order valence-electron chi connectivity index (χ4n) is 1.08. The Morgan fingerprint density at radius 2 is 2.12 bits per heavy atom. The molecule has 84 valence electrons. The highest BCUT2D eigenvalue weighted by atomic mass is 79.9. The summed E-state index contributed by atoms with van der Waals surface area (Å²) in [5, 5.41) is 2.61. The number of rotatable bonds is 2. The molecule has 0 aromatic heterocycles. The zero-order valence-electron chi connectivity index (χ0n) is 8.97. The van der Waals surface area contributed by atoms with E-state index in [1.165, 1.54) is 12.1 Å². The summed E-state index contributed by atoms with van der Waals surface area (Å²) in [6.07, 6.45) is 5.24. The molecule has 1 amide bonds. The third-order valence-electron chi connectivity index (χ3n) is 1.91. The lowest BCUT2D eigenvalue weighted by Gasteiger charge is -2.19. The Morgan fingerprint density at radius 3 is 2.62 bits per heavy atom. The van der Waals surface area contributed by atoms with E-state index in [9.17, 15) is 9.18 Å². The van der Waals surface area contributed by atoms with Crippen LogP contribution in [0.15, 0.2) is 22.7 Å². The van der Waals surface area contributed by atoms with Gasteiger partial charge in [0.2, 0.25) is 0 Å². The molecule has 0 spiro atoms. The van der Waals surface area contributed by atoms with E-state index in [0.29, 0.717) is 4.47 Å². The second-order valence-corrected chi connectivity index (χ2v) is 4.80. The summed E-state index contributed by atoms with van der Waals surface area (Å²) in [5.74, 6) is 1.56. The number of terminal acetylenes is 1. The summed E-state index contributed by atoms with van der Waals surface area (Å²) in [6.45, 7) is 3.39. The molecule has 16 heavy (non-hydrogen) atoms. The van der Waals surface area contributed by atoms with Gasteiger partial charge in [0.05, 0.1) is 5.54 Å². The highest BCUT2D eigenvalue weighted by Crippen LogP contribution is 2.15. The summed E-state index contributed by atoms with van der Waals surface area (Å²) in [6, 6.07) is 3.97. The molecule has 0 saturated carbocycles. The topological polar surface area (TPSA) is 29.1 Å². The average molecular weight is 284 g/mol. The van der Waals surface area contributed by atoms with Gasteiger partial charge in [-0.25, -0.2) is 4.39 Å². The molecule has 0 fully saturated rings. The van der Waals surface area contributed by atoms with E-state index in [0.717, 1.165) is 6.07 Å². The van der Waals surface area contributed by atoms with Gasteiger partial charge >= 0.3 is 0 Å². The van der Waals surface area contributed by atoms with Gasteiger partial charge in [-0.2, -0.15) is 0 Å². The van der Waals surface area contributed by atoms with Crippen molar-refractivity contribution in [2.75, 3.05) is 0 Å².